The second-order valence-electron chi connectivity index (χ2n) is 8.92. The maximum Gasteiger partial charge on any atom is 0.224 e. The Labute approximate surface area is 181 Å². The number of nitrogens with one attached hydrogen (secondary N) is 1. The van der Waals surface area contributed by atoms with Crippen LogP contribution in [0.3, 0.4) is 0 Å². The van der Waals surface area contributed by atoms with Crippen molar-refractivity contribution < 1.29 is 9.18 Å². The van der Waals surface area contributed by atoms with E-state index in [1.54, 1.807) is 30.5 Å². The first-order chi connectivity index (χ1) is 15.1. The normalized spacial score (nSPS) is 24.6. The molecule has 0 bridgehead atoms. The third kappa shape index (κ3) is 4.03. The number of benzene rings is 1. The number of aromatic nitrogens is 2. The molecule has 4 atom stereocenters. The Morgan fingerprint density at radius 1 is 1.10 bits per heavy atom. The summed E-state index contributed by atoms with van der Waals surface area (Å²) in [5.41, 5.74) is 3.31. The molecule has 0 aliphatic heterocycles. The summed E-state index contributed by atoms with van der Waals surface area (Å²) in [5, 5.41) is 3.87. The molecule has 1 N–H and O–H groups in total. The van der Waals surface area contributed by atoms with Crippen molar-refractivity contribution in [3.05, 3.63) is 65.9 Å². The Bertz CT molecular complexity index is 1150. The molecule has 2 saturated carbocycles. The molecule has 1 aromatic carbocycles. The molecule has 5 heteroatoms. The standard InChI is InChI=1S/C26H24FN3O/c1-2-21-4-5-22(15-29-21)30-26(31)11-16-9-17-12-19(13-18(17)10-16)23-7-8-28-25-6-3-20(27)14-24(23)25/h1,3-8,14-19H,9-13H2,(H,30,31)/t16?,17-,18+,19?. The SMILES string of the molecule is C#Cc1ccc(NC(=O)CC2C[C@@H]3CC(c4ccnc5ccc(F)cc45)C[C@@H]3C2)cn1. The Morgan fingerprint density at radius 3 is 2.61 bits per heavy atom. The van der Waals surface area contributed by atoms with E-state index in [-0.39, 0.29) is 11.7 Å². The summed E-state index contributed by atoms with van der Waals surface area (Å²) in [6.45, 7) is 0. The fourth-order valence-electron chi connectivity index (χ4n) is 5.69. The highest BCUT2D eigenvalue weighted by Crippen LogP contribution is 2.53. The highest BCUT2D eigenvalue weighted by molar-refractivity contribution is 5.90. The van der Waals surface area contributed by atoms with Crippen LogP contribution < -0.4 is 5.32 Å². The summed E-state index contributed by atoms with van der Waals surface area (Å²) < 4.78 is 13.8. The van der Waals surface area contributed by atoms with E-state index in [0.29, 0.717) is 41.5 Å². The average molecular weight is 413 g/mol. The van der Waals surface area contributed by atoms with Crippen LogP contribution in [0.5, 0.6) is 0 Å². The Morgan fingerprint density at radius 2 is 1.90 bits per heavy atom. The minimum absolute atomic E-state index is 0.0346. The lowest BCUT2D eigenvalue weighted by Gasteiger charge is -2.17. The van der Waals surface area contributed by atoms with Gasteiger partial charge in [-0.2, -0.15) is 0 Å². The molecule has 31 heavy (non-hydrogen) atoms. The smallest absolute Gasteiger partial charge is 0.224 e. The molecule has 2 heterocycles. The van der Waals surface area contributed by atoms with Crippen molar-refractivity contribution in [1.29, 1.82) is 0 Å². The van der Waals surface area contributed by atoms with E-state index in [2.05, 4.69) is 27.3 Å². The molecule has 0 saturated heterocycles. The van der Waals surface area contributed by atoms with Crippen LogP contribution in [0.25, 0.3) is 10.9 Å². The Balaban J connectivity index is 1.20. The van der Waals surface area contributed by atoms with Crippen LogP contribution in [0.1, 0.15) is 49.3 Å². The fraction of sp³-hybridized carbons (Fsp3) is 0.346. The van der Waals surface area contributed by atoms with Gasteiger partial charge in [-0.15, -0.1) is 6.42 Å². The van der Waals surface area contributed by atoms with Gasteiger partial charge in [-0.3, -0.25) is 9.78 Å². The van der Waals surface area contributed by atoms with Gasteiger partial charge < -0.3 is 5.32 Å². The van der Waals surface area contributed by atoms with Gasteiger partial charge in [0.15, 0.2) is 0 Å². The average Bonchev–Trinajstić information content (AvgIpc) is 3.32. The summed E-state index contributed by atoms with van der Waals surface area (Å²) in [6, 6.07) is 10.4. The number of amides is 1. The first kappa shape index (κ1) is 19.7. The zero-order chi connectivity index (χ0) is 21.4. The number of carbonyl (C=O) groups excluding carboxylic acids is 1. The van der Waals surface area contributed by atoms with Crippen LogP contribution in [0, 0.1) is 35.9 Å². The highest BCUT2D eigenvalue weighted by atomic mass is 19.1. The van der Waals surface area contributed by atoms with E-state index in [1.165, 1.54) is 11.6 Å². The van der Waals surface area contributed by atoms with Gasteiger partial charge in [-0.25, -0.2) is 9.37 Å². The number of carbonyl (C=O) groups is 1. The summed E-state index contributed by atoms with van der Waals surface area (Å²) in [4.78, 5) is 21.0. The number of halogens is 1. The van der Waals surface area contributed by atoms with Crippen LogP contribution >= 0.6 is 0 Å². The summed E-state index contributed by atoms with van der Waals surface area (Å²) >= 11 is 0. The summed E-state index contributed by atoms with van der Waals surface area (Å²) in [5.74, 6) is 4.42. The predicted octanol–water partition coefficient (Wildman–Crippen LogP) is 5.30. The van der Waals surface area contributed by atoms with Crippen molar-refractivity contribution in [2.45, 2.75) is 38.0 Å². The second-order valence-corrected chi connectivity index (χ2v) is 8.92. The number of pyridine rings is 2. The van der Waals surface area contributed by atoms with Gasteiger partial charge in [0.1, 0.15) is 11.5 Å². The molecule has 2 fully saturated rings. The van der Waals surface area contributed by atoms with Crippen molar-refractivity contribution in [2.75, 3.05) is 5.32 Å². The lowest BCUT2D eigenvalue weighted by atomic mass is 9.89. The van der Waals surface area contributed by atoms with Crippen molar-refractivity contribution >= 4 is 22.5 Å². The molecular formula is C26H24FN3O. The lowest BCUT2D eigenvalue weighted by Crippen LogP contribution is -2.16. The molecule has 2 unspecified atom stereocenters. The fourth-order valence-corrected chi connectivity index (χ4v) is 5.69. The van der Waals surface area contributed by atoms with Gasteiger partial charge in [-0.05, 0) is 91.3 Å². The maximum absolute atomic E-state index is 13.8. The zero-order valence-corrected chi connectivity index (χ0v) is 17.2. The monoisotopic (exact) mass is 413 g/mol. The van der Waals surface area contributed by atoms with Gasteiger partial charge in [-0.1, -0.05) is 5.92 Å². The molecule has 0 spiro atoms. The van der Waals surface area contributed by atoms with E-state index in [4.69, 9.17) is 6.42 Å². The summed E-state index contributed by atoms with van der Waals surface area (Å²) in [7, 11) is 0. The first-order valence-corrected chi connectivity index (χ1v) is 10.9. The number of hydrogen-bond donors (Lipinski definition) is 1. The Hall–Kier alpha value is -3.26. The van der Waals surface area contributed by atoms with Gasteiger partial charge in [0.05, 0.1) is 17.4 Å². The van der Waals surface area contributed by atoms with Gasteiger partial charge in [0, 0.05) is 18.0 Å². The lowest BCUT2D eigenvalue weighted by molar-refractivity contribution is -0.117. The van der Waals surface area contributed by atoms with Crippen LogP contribution in [0.2, 0.25) is 0 Å². The predicted molar refractivity (Wildman–Crippen MR) is 119 cm³/mol. The van der Waals surface area contributed by atoms with Crippen LogP contribution in [0.15, 0.2) is 48.8 Å². The number of anilines is 1. The van der Waals surface area contributed by atoms with Crippen LogP contribution in [-0.4, -0.2) is 15.9 Å². The molecule has 2 aliphatic rings. The van der Waals surface area contributed by atoms with Crippen molar-refractivity contribution in [1.82, 2.24) is 9.97 Å². The second kappa shape index (κ2) is 8.11. The highest BCUT2D eigenvalue weighted by Gasteiger charge is 2.42. The third-order valence-electron chi connectivity index (χ3n) is 6.96. The van der Waals surface area contributed by atoms with E-state index in [1.807, 2.05) is 6.20 Å². The molecule has 1 amide bonds. The number of nitrogens with zero attached hydrogens (tertiary/aromatic N) is 2. The van der Waals surface area contributed by atoms with Crippen LogP contribution in [-0.2, 0) is 4.79 Å². The van der Waals surface area contributed by atoms with Gasteiger partial charge in [0.2, 0.25) is 5.91 Å². The summed E-state index contributed by atoms with van der Waals surface area (Å²) in [6.07, 6.45) is 13.7. The first-order valence-electron chi connectivity index (χ1n) is 10.9. The number of hydrogen-bond acceptors (Lipinski definition) is 3. The molecule has 4 nitrogen and oxygen atoms in total. The van der Waals surface area contributed by atoms with Crippen molar-refractivity contribution in [2.24, 2.45) is 17.8 Å². The van der Waals surface area contributed by atoms with Crippen molar-refractivity contribution in [3.63, 3.8) is 0 Å². The molecular weight excluding hydrogens is 389 g/mol. The topological polar surface area (TPSA) is 54.9 Å². The van der Waals surface area contributed by atoms with E-state index in [9.17, 15) is 9.18 Å². The third-order valence-corrected chi connectivity index (χ3v) is 6.96. The maximum atomic E-state index is 13.8. The van der Waals surface area contributed by atoms with Gasteiger partial charge in [0.25, 0.3) is 0 Å². The van der Waals surface area contributed by atoms with Gasteiger partial charge >= 0.3 is 0 Å². The number of rotatable bonds is 4. The quantitative estimate of drug-likeness (QED) is 0.591. The zero-order valence-electron chi connectivity index (χ0n) is 17.2. The van der Waals surface area contributed by atoms with Crippen LogP contribution in [0.4, 0.5) is 10.1 Å². The molecule has 2 aromatic heterocycles. The molecule has 156 valence electrons. The molecule has 2 aliphatic carbocycles. The van der Waals surface area contributed by atoms with E-state index < -0.39 is 0 Å². The number of fused-ring (bicyclic) bond motifs is 2. The van der Waals surface area contributed by atoms with Crippen molar-refractivity contribution in [3.8, 4) is 12.3 Å². The van der Waals surface area contributed by atoms with E-state index >= 15 is 0 Å². The molecule has 5 rings (SSSR count). The Kier molecular flexibility index (Phi) is 5.15. The molecule has 0 radical (unpaired) electrons. The molecule has 3 aromatic rings. The minimum atomic E-state index is -0.213. The largest absolute Gasteiger partial charge is 0.325 e. The number of terminal acetylenes is 1. The van der Waals surface area contributed by atoms with E-state index in [0.717, 1.165) is 36.6 Å². The minimum Gasteiger partial charge on any atom is -0.325 e.